The minimum absolute atomic E-state index is 0.833. The fraction of sp³-hybridized carbons (Fsp3) is 0.345. The summed E-state index contributed by atoms with van der Waals surface area (Å²) in [7, 11) is 4.09. The molecule has 4 heteroatoms. The van der Waals surface area contributed by atoms with Crippen molar-refractivity contribution in [2.75, 3.05) is 25.6 Å². The Labute approximate surface area is 199 Å². The van der Waals surface area contributed by atoms with Crippen LogP contribution in [0.5, 0.6) is 5.75 Å². The van der Waals surface area contributed by atoms with Gasteiger partial charge in [0.2, 0.25) is 0 Å². The molecule has 4 rings (SSSR count). The topological polar surface area (TPSA) is 30.3 Å². The number of aromatic nitrogens is 2. The van der Waals surface area contributed by atoms with Crippen molar-refractivity contribution in [2.24, 2.45) is 0 Å². The third-order valence-corrected chi connectivity index (χ3v) is 5.21. The number of benzene rings is 3. The summed E-state index contributed by atoms with van der Waals surface area (Å²) < 4.78 is 7.64. The minimum atomic E-state index is 0.833. The average molecular weight is 446 g/mol. The van der Waals surface area contributed by atoms with Crippen LogP contribution in [0.4, 0.5) is 5.69 Å². The van der Waals surface area contributed by atoms with Crippen molar-refractivity contribution >= 4 is 16.7 Å². The van der Waals surface area contributed by atoms with E-state index in [2.05, 4.69) is 84.6 Å². The molecule has 0 aliphatic heterocycles. The lowest BCUT2D eigenvalue weighted by molar-refractivity contribution is 0.309. The zero-order chi connectivity index (χ0) is 24.1. The van der Waals surface area contributed by atoms with Gasteiger partial charge in [-0.05, 0) is 63.6 Å². The highest BCUT2D eigenvalue weighted by molar-refractivity contribution is 5.74. The van der Waals surface area contributed by atoms with Crippen LogP contribution in [0.1, 0.15) is 37.8 Å². The average Bonchev–Trinajstić information content (AvgIpc) is 3.25. The van der Waals surface area contributed by atoms with Gasteiger partial charge in [-0.2, -0.15) is 0 Å². The summed E-state index contributed by atoms with van der Waals surface area (Å²) in [5.41, 5.74) is 6.14. The molecule has 33 heavy (non-hydrogen) atoms. The molecule has 3 aromatic carbocycles. The van der Waals surface area contributed by atoms with E-state index in [-0.39, 0.29) is 0 Å². The third kappa shape index (κ3) is 9.01. The zero-order valence-electron chi connectivity index (χ0n) is 21.1. The van der Waals surface area contributed by atoms with Crippen molar-refractivity contribution in [3.05, 3.63) is 90.3 Å². The van der Waals surface area contributed by atoms with Gasteiger partial charge in [0.05, 0.1) is 24.0 Å². The van der Waals surface area contributed by atoms with Gasteiger partial charge in [0.25, 0.3) is 0 Å². The van der Waals surface area contributed by atoms with Gasteiger partial charge in [-0.15, -0.1) is 0 Å². The van der Waals surface area contributed by atoms with Gasteiger partial charge in [0.15, 0.2) is 0 Å². The van der Waals surface area contributed by atoms with Crippen molar-refractivity contribution in [3.63, 3.8) is 0 Å². The van der Waals surface area contributed by atoms with Gasteiger partial charge in [0.1, 0.15) is 5.75 Å². The van der Waals surface area contributed by atoms with Crippen molar-refractivity contribution in [1.29, 1.82) is 0 Å². The molecule has 0 N–H and O–H groups in total. The van der Waals surface area contributed by atoms with Gasteiger partial charge in [-0.1, -0.05) is 60.9 Å². The molecular formula is C29H39N3O. The van der Waals surface area contributed by atoms with Crippen molar-refractivity contribution in [3.8, 4) is 5.75 Å². The van der Waals surface area contributed by atoms with Crippen LogP contribution in [0.3, 0.4) is 0 Å². The number of para-hydroxylation sites is 2. The lowest BCUT2D eigenvalue weighted by Gasteiger charge is -2.11. The van der Waals surface area contributed by atoms with Crippen LogP contribution in [-0.4, -0.2) is 30.3 Å². The third-order valence-electron chi connectivity index (χ3n) is 5.21. The van der Waals surface area contributed by atoms with Crippen LogP contribution in [0, 0.1) is 13.8 Å². The summed E-state index contributed by atoms with van der Waals surface area (Å²) in [4.78, 5) is 6.35. The molecule has 0 atom stereocenters. The van der Waals surface area contributed by atoms with Crippen molar-refractivity contribution < 1.29 is 4.74 Å². The molecule has 0 spiro atoms. The summed E-state index contributed by atoms with van der Waals surface area (Å²) in [6.45, 7) is 10.3. The molecule has 4 aromatic rings. The summed E-state index contributed by atoms with van der Waals surface area (Å²) in [5.74, 6) is 0.981. The molecule has 1 aromatic heterocycles. The predicted molar refractivity (Wildman–Crippen MR) is 142 cm³/mol. The summed E-state index contributed by atoms with van der Waals surface area (Å²) >= 11 is 0. The Morgan fingerprint density at radius 1 is 0.818 bits per heavy atom. The maximum absolute atomic E-state index is 5.50. The number of unbranched alkanes of at least 4 members (excludes halogenated alkanes) is 1. The van der Waals surface area contributed by atoms with E-state index >= 15 is 0 Å². The Balaban J connectivity index is 0.000000176. The second-order valence-electron chi connectivity index (χ2n) is 8.26. The molecule has 0 amide bonds. The Morgan fingerprint density at radius 2 is 1.42 bits per heavy atom. The van der Waals surface area contributed by atoms with E-state index in [1.165, 1.54) is 28.8 Å². The number of hydrogen-bond donors (Lipinski definition) is 0. The number of hydrogen-bond acceptors (Lipinski definition) is 3. The van der Waals surface area contributed by atoms with Gasteiger partial charge in [-0.25, -0.2) is 4.98 Å². The van der Waals surface area contributed by atoms with Crippen LogP contribution in [-0.2, 0) is 6.54 Å². The number of rotatable bonds is 6. The summed E-state index contributed by atoms with van der Waals surface area (Å²) in [5, 5.41) is 0. The number of anilines is 1. The second-order valence-corrected chi connectivity index (χ2v) is 8.26. The highest BCUT2D eigenvalue weighted by Gasteiger charge is 1.97. The molecule has 0 saturated heterocycles. The standard InChI is InChI=1S/C11H16O.C9H10N2.C9H13N/c1-3-4-9-12-11-7-5-10(2)6-8-11;1-2-11-7-10-8-5-3-4-6-9(8)11;1-8-4-6-9(7-5-8)10(2)3/h5-8H,3-4,9H2,1-2H3;3-7H,2H2,1H3;4-7H,1-3H3. The maximum atomic E-state index is 5.50. The van der Waals surface area contributed by atoms with Gasteiger partial charge in [-0.3, -0.25) is 0 Å². The van der Waals surface area contributed by atoms with E-state index in [4.69, 9.17) is 4.74 Å². The number of ether oxygens (including phenoxy) is 1. The first-order valence-corrected chi connectivity index (χ1v) is 11.8. The van der Waals surface area contributed by atoms with Crippen molar-refractivity contribution in [1.82, 2.24) is 9.55 Å². The normalized spacial score (nSPS) is 10.0. The molecule has 4 nitrogen and oxygen atoms in total. The lowest BCUT2D eigenvalue weighted by atomic mass is 10.2. The van der Waals surface area contributed by atoms with Crippen molar-refractivity contribution in [2.45, 2.75) is 47.1 Å². The quantitative estimate of drug-likeness (QED) is 0.292. The van der Waals surface area contributed by atoms with E-state index in [0.717, 1.165) is 30.8 Å². The van der Waals surface area contributed by atoms with Crippen LogP contribution >= 0.6 is 0 Å². The molecule has 0 aliphatic carbocycles. The molecule has 1 heterocycles. The van der Waals surface area contributed by atoms with E-state index in [0.29, 0.717) is 0 Å². The smallest absolute Gasteiger partial charge is 0.119 e. The SMILES string of the molecule is CCCCOc1ccc(C)cc1.CCn1cnc2ccccc21.Cc1ccc(N(C)C)cc1. The van der Waals surface area contributed by atoms with Gasteiger partial charge < -0.3 is 14.2 Å². The number of nitrogens with zero attached hydrogens (tertiary/aromatic N) is 3. The molecular weight excluding hydrogens is 406 g/mol. The Morgan fingerprint density at radius 3 is 2.00 bits per heavy atom. The van der Waals surface area contributed by atoms with Crippen LogP contribution in [0.2, 0.25) is 0 Å². The Bertz CT molecular complexity index is 1050. The molecule has 0 saturated carbocycles. The zero-order valence-corrected chi connectivity index (χ0v) is 21.1. The number of aryl methyl sites for hydroxylation is 3. The Hall–Kier alpha value is -3.27. The second kappa shape index (κ2) is 14.0. The highest BCUT2D eigenvalue weighted by Crippen LogP contribution is 2.12. The predicted octanol–water partition coefficient (Wildman–Crippen LogP) is 7.29. The largest absolute Gasteiger partial charge is 0.494 e. The minimum Gasteiger partial charge on any atom is -0.494 e. The molecule has 0 radical (unpaired) electrons. The van der Waals surface area contributed by atoms with Crippen LogP contribution in [0.15, 0.2) is 79.1 Å². The van der Waals surface area contributed by atoms with E-state index < -0.39 is 0 Å². The van der Waals surface area contributed by atoms with E-state index in [9.17, 15) is 0 Å². The van der Waals surface area contributed by atoms with E-state index in [1.54, 1.807) is 0 Å². The summed E-state index contributed by atoms with van der Waals surface area (Å²) in [6, 6.07) is 24.8. The Kier molecular flexibility index (Phi) is 11.0. The molecule has 0 fully saturated rings. The lowest BCUT2D eigenvalue weighted by Crippen LogP contribution is -2.07. The van der Waals surface area contributed by atoms with Crippen LogP contribution < -0.4 is 9.64 Å². The fourth-order valence-corrected chi connectivity index (χ4v) is 3.07. The monoisotopic (exact) mass is 445 g/mol. The first-order valence-electron chi connectivity index (χ1n) is 11.8. The molecule has 0 aliphatic rings. The summed E-state index contributed by atoms with van der Waals surface area (Å²) in [6.07, 6.45) is 4.20. The molecule has 176 valence electrons. The maximum Gasteiger partial charge on any atom is 0.119 e. The first kappa shape index (κ1) is 26.0. The van der Waals surface area contributed by atoms with Gasteiger partial charge >= 0.3 is 0 Å². The fourth-order valence-electron chi connectivity index (χ4n) is 3.07. The molecule has 0 bridgehead atoms. The number of fused-ring (bicyclic) bond motifs is 1. The first-order chi connectivity index (χ1) is 15.9. The molecule has 0 unspecified atom stereocenters. The van der Waals surface area contributed by atoms with Gasteiger partial charge in [0, 0.05) is 26.3 Å². The van der Waals surface area contributed by atoms with E-state index in [1.807, 2.05) is 50.8 Å². The van der Waals surface area contributed by atoms with Crippen LogP contribution in [0.25, 0.3) is 11.0 Å². The highest BCUT2D eigenvalue weighted by atomic mass is 16.5. The number of imidazole rings is 1.